The lowest BCUT2D eigenvalue weighted by Crippen LogP contribution is -2.39. The van der Waals surface area contributed by atoms with Gasteiger partial charge in [-0.1, -0.05) is 17.3 Å². The first kappa shape index (κ1) is 22.2. The van der Waals surface area contributed by atoms with Crippen molar-refractivity contribution in [3.63, 3.8) is 0 Å². The van der Waals surface area contributed by atoms with Crippen LogP contribution in [0.5, 0.6) is 0 Å². The highest BCUT2D eigenvalue weighted by Gasteiger charge is 2.30. The van der Waals surface area contributed by atoms with Gasteiger partial charge in [-0.3, -0.25) is 4.79 Å². The summed E-state index contributed by atoms with van der Waals surface area (Å²) in [5.41, 5.74) is 0.497. The van der Waals surface area contributed by atoms with Gasteiger partial charge in [0.1, 0.15) is 6.61 Å². The van der Waals surface area contributed by atoms with E-state index in [2.05, 4.69) is 10.5 Å². The lowest BCUT2D eigenvalue weighted by molar-refractivity contribution is -0.137. The van der Waals surface area contributed by atoms with Gasteiger partial charge in [0.05, 0.1) is 11.3 Å². The van der Waals surface area contributed by atoms with E-state index in [0.29, 0.717) is 57.4 Å². The van der Waals surface area contributed by atoms with Crippen LogP contribution in [0.15, 0.2) is 29.4 Å². The van der Waals surface area contributed by atoms with Gasteiger partial charge in [0.2, 0.25) is 5.91 Å². The monoisotopic (exact) mass is 401 g/mol. The molecule has 1 aliphatic rings. The van der Waals surface area contributed by atoms with Crippen LogP contribution >= 0.6 is 0 Å². The number of hydrogen-bond acceptors (Lipinski definition) is 5. The molecular weight excluding hydrogens is 375 g/mol. The summed E-state index contributed by atoms with van der Waals surface area (Å²) in [6, 6.07) is 4.98. The topological polar surface area (TPSA) is 74.2 Å². The summed E-state index contributed by atoms with van der Waals surface area (Å²) in [5, 5.41) is 15.8. The number of likely N-dealkylation sites (tertiary alicyclic amines) is 1. The molecule has 1 aromatic rings. The highest BCUT2D eigenvalue weighted by Crippen LogP contribution is 2.29. The Morgan fingerprint density at radius 2 is 2.00 bits per heavy atom. The van der Waals surface area contributed by atoms with E-state index in [1.54, 1.807) is 11.0 Å². The predicted molar refractivity (Wildman–Crippen MR) is 98.7 cm³/mol. The van der Waals surface area contributed by atoms with E-state index in [9.17, 15) is 18.0 Å². The van der Waals surface area contributed by atoms with Gasteiger partial charge in [0, 0.05) is 45.5 Å². The number of benzene rings is 1. The number of carbonyl (C=O) groups is 1. The number of hydrogen-bond donors (Lipinski definition) is 2. The quantitative estimate of drug-likeness (QED) is 0.493. The highest BCUT2D eigenvalue weighted by molar-refractivity contribution is 5.87. The molecule has 0 aromatic heterocycles. The van der Waals surface area contributed by atoms with E-state index in [1.807, 2.05) is 0 Å². The molecule has 9 heteroatoms. The molecule has 1 aliphatic heterocycles. The molecule has 28 heavy (non-hydrogen) atoms. The number of oxime groups is 1. The van der Waals surface area contributed by atoms with Crippen molar-refractivity contribution in [2.45, 2.75) is 38.5 Å². The van der Waals surface area contributed by atoms with Gasteiger partial charge in [-0.05, 0) is 30.7 Å². The molecule has 6 nitrogen and oxygen atoms in total. The molecule has 0 bridgehead atoms. The first-order valence-corrected chi connectivity index (χ1v) is 9.33. The van der Waals surface area contributed by atoms with Gasteiger partial charge in [-0.2, -0.15) is 13.2 Å². The summed E-state index contributed by atoms with van der Waals surface area (Å²) in [6.45, 7) is 2.48. The van der Waals surface area contributed by atoms with Crippen molar-refractivity contribution in [2.75, 3.05) is 32.8 Å². The van der Waals surface area contributed by atoms with E-state index in [0.717, 1.165) is 17.8 Å². The van der Waals surface area contributed by atoms with Crippen LogP contribution in [0.1, 0.15) is 36.8 Å². The van der Waals surface area contributed by atoms with Crippen molar-refractivity contribution in [1.82, 2.24) is 10.2 Å². The van der Waals surface area contributed by atoms with Crippen LogP contribution in [0.4, 0.5) is 13.2 Å². The lowest BCUT2D eigenvalue weighted by Gasteiger charge is -2.27. The molecule has 1 aromatic carbocycles. The van der Waals surface area contributed by atoms with Gasteiger partial charge in [0.25, 0.3) is 0 Å². The van der Waals surface area contributed by atoms with E-state index >= 15 is 0 Å². The van der Waals surface area contributed by atoms with Crippen LogP contribution in [0.25, 0.3) is 0 Å². The van der Waals surface area contributed by atoms with Gasteiger partial charge in [0.15, 0.2) is 0 Å². The average Bonchev–Trinajstić information content (AvgIpc) is 2.68. The zero-order chi connectivity index (χ0) is 20.4. The zero-order valence-electron chi connectivity index (χ0n) is 15.7. The van der Waals surface area contributed by atoms with Crippen LogP contribution in [0.3, 0.4) is 0 Å². The van der Waals surface area contributed by atoms with Gasteiger partial charge >= 0.3 is 6.18 Å². The van der Waals surface area contributed by atoms with Gasteiger partial charge in [-0.15, -0.1) is 0 Å². The van der Waals surface area contributed by atoms with Crippen molar-refractivity contribution in [2.24, 2.45) is 5.16 Å². The summed E-state index contributed by atoms with van der Waals surface area (Å²) in [5.74, 6) is 0.0698. The van der Waals surface area contributed by atoms with Crippen molar-refractivity contribution >= 4 is 11.6 Å². The number of halogens is 3. The molecular formula is C19H26F3N3O3. The fourth-order valence-electron chi connectivity index (χ4n) is 2.82. The molecule has 2 rings (SSSR count). The largest absolute Gasteiger partial charge is 0.416 e. The molecule has 0 unspecified atom stereocenters. The lowest BCUT2D eigenvalue weighted by atomic mass is 10.1. The Kier molecular flexibility index (Phi) is 8.72. The Morgan fingerprint density at radius 3 is 2.68 bits per heavy atom. The molecule has 1 saturated heterocycles. The third-order valence-corrected chi connectivity index (χ3v) is 4.40. The second-order valence-electron chi connectivity index (χ2n) is 6.59. The zero-order valence-corrected chi connectivity index (χ0v) is 15.7. The standard InChI is InChI=1S/C19H26F3N3O3/c20-19(21,22)16-4-1-3-15(13-16)14-28-24-17-6-10-25(11-7-17)18(27)5-9-23-8-2-12-26/h1,3-4,13,23,26H,2,5-12,14H2. The maximum Gasteiger partial charge on any atom is 0.416 e. The number of carbonyl (C=O) groups excluding carboxylic acids is 1. The Hall–Kier alpha value is -2.13. The summed E-state index contributed by atoms with van der Waals surface area (Å²) in [4.78, 5) is 19.1. The average molecular weight is 401 g/mol. The van der Waals surface area contributed by atoms with E-state index < -0.39 is 11.7 Å². The van der Waals surface area contributed by atoms with Crippen molar-refractivity contribution < 1.29 is 27.9 Å². The first-order valence-electron chi connectivity index (χ1n) is 9.33. The van der Waals surface area contributed by atoms with Crippen molar-refractivity contribution in [3.8, 4) is 0 Å². The molecule has 0 atom stereocenters. The molecule has 1 heterocycles. The second kappa shape index (κ2) is 11.0. The number of aliphatic hydroxyl groups excluding tert-OH is 1. The third kappa shape index (κ3) is 7.47. The van der Waals surface area contributed by atoms with Gasteiger partial charge < -0.3 is 20.2 Å². The minimum Gasteiger partial charge on any atom is -0.396 e. The van der Waals surface area contributed by atoms with Crippen LogP contribution in [0, 0.1) is 0 Å². The molecule has 1 fully saturated rings. The SMILES string of the molecule is O=C(CCNCCCO)N1CCC(=NOCc2cccc(C(F)(F)F)c2)CC1. The molecule has 0 aliphatic carbocycles. The van der Waals surface area contributed by atoms with Crippen LogP contribution in [0.2, 0.25) is 0 Å². The normalized spacial score (nSPS) is 14.9. The number of rotatable bonds is 9. The number of piperidine rings is 1. The number of alkyl halides is 3. The van der Waals surface area contributed by atoms with Gasteiger partial charge in [-0.25, -0.2) is 0 Å². The van der Waals surface area contributed by atoms with Crippen LogP contribution in [-0.2, 0) is 22.4 Å². The molecule has 0 radical (unpaired) electrons. The predicted octanol–water partition coefficient (Wildman–Crippen LogP) is 2.56. The van der Waals surface area contributed by atoms with E-state index in [1.165, 1.54) is 6.07 Å². The molecule has 0 spiro atoms. The molecule has 156 valence electrons. The Balaban J connectivity index is 1.70. The highest BCUT2D eigenvalue weighted by atomic mass is 19.4. The number of nitrogens with one attached hydrogen (secondary N) is 1. The number of aliphatic hydroxyl groups is 1. The van der Waals surface area contributed by atoms with E-state index in [-0.39, 0.29) is 19.1 Å². The summed E-state index contributed by atoms with van der Waals surface area (Å²) >= 11 is 0. The fourth-order valence-corrected chi connectivity index (χ4v) is 2.82. The van der Waals surface area contributed by atoms with Crippen molar-refractivity contribution in [3.05, 3.63) is 35.4 Å². The Morgan fingerprint density at radius 1 is 1.25 bits per heavy atom. The van der Waals surface area contributed by atoms with Crippen LogP contribution < -0.4 is 5.32 Å². The summed E-state index contributed by atoms with van der Waals surface area (Å²) in [7, 11) is 0. The third-order valence-electron chi connectivity index (χ3n) is 4.40. The van der Waals surface area contributed by atoms with Crippen molar-refractivity contribution in [1.29, 1.82) is 0 Å². The first-order chi connectivity index (χ1) is 13.4. The van der Waals surface area contributed by atoms with Crippen LogP contribution in [-0.4, -0.2) is 54.4 Å². The second-order valence-corrected chi connectivity index (χ2v) is 6.59. The maximum atomic E-state index is 12.7. The summed E-state index contributed by atoms with van der Waals surface area (Å²) < 4.78 is 38.1. The molecule has 2 N–H and O–H groups in total. The molecule has 1 amide bonds. The fraction of sp³-hybridized carbons (Fsp3) is 0.579. The molecule has 0 saturated carbocycles. The minimum atomic E-state index is -4.38. The van der Waals surface area contributed by atoms with E-state index in [4.69, 9.17) is 9.94 Å². The maximum absolute atomic E-state index is 12.7. The summed E-state index contributed by atoms with van der Waals surface area (Å²) in [6.07, 6.45) is -2.13. The minimum absolute atomic E-state index is 0.0322. The number of nitrogens with zero attached hydrogens (tertiary/aromatic N) is 2. The smallest absolute Gasteiger partial charge is 0.396 e. The Labute approximate surface area is 162 Å². The number of amides is 1. The Bertz CT molecular complexity index is 655.